The van der Waals surface area contributed by atoms with Crippen LogP contribution in [0.1, 0.15) is 31.7 Å². The number of hydrogen-bond donors (Lipinski definition) is 0. The molecule has 18 heavy (non-hydrogen) atoms. The lowest BCUT2D eigenvalue weighted by molar-refractivity contribution is -0.00222. The van der Waals surface area contributed by atoms with Crippen LogP contribution in [0.15, 0.2) is 28.7 Å². The zero-order valence-corrected chi connectivity index (χ0v) is 12.7. The SMILES string of the molecule is CCCOC1CCCN(Cc2ccc(Br)cc2)C1. The second kappa shape index (κ2) is 7.27. The Kier molecular flexibility index (Phi) is 5.67. The molecule has 100 valence electrons. The van der Waals surface area contributed by atoms with E-state index in [0.29, 0.717) is 6.10 Å². The van der Waals surface area contributed by atoms with Crippen LogP contribution in [0.2, 0.25) is 0 Å². The van der Waals surface area contributed by atoms with Crippen molar-refractivity contribution in [3.05, 3.63) is 34.3 Å². The van der Waals surface area contributed by atoms with Gasteiger partial charge in [-0.3, -0.25) is 4.90 Å². The Balaban J connectivity index is 1.83. The van der Waals surface area contributed by atoms with E-state index in [1.54, 1.807) is 0 Å². The van der Waals surface area contributed by atoms with E-state index >= 15 is 0 Å². The molecule has 1 aliphatic rings. The Morgan fingerprint density at radius 3 is 2.83 bits per heavy atom. The number of rotatable bonds is 5. The van der Waals surface area contributed by atoms with Crippen molar-refractivity contribution in [3.8, 4) is 0 Å². The summed E-state index contributed by atoms with van der Waals surface area (Å²) in [5, 5.41) is 0. The molecule has 0 aromatic heterocycles. The molecule has 1 unspecified atom stereocenters. The maximum atomic E-state index is 5.87. The predicted octanol–water partition coefficient (Wildman–Crippen LogP) is 3.84. The van der Waals surface area contributed by atoms with E-state index in [1.165, 1.54) is 24.9 Å². The topological polar surface area (TPSA) is 12.5 Å². The number of halogens is 1. The highest BCUT2D eigenvalue weighted by Crippen LogP contribution is 2.17. The first-order chi connectivity index (χ1) is 8.78. The van der Waals surface area contributed by atoms with Gasteiger partial charge in [-0.1, -0.05) is 35.0 Å². The van der Waals surface area contributed by atoms with Gasteiger partial charge in [-0.2, -0.15) is 0 Å². The van der Waals surface area contributed by atoms with Crippen molar-refractivity contribution in [3.63, 3.8) is 0 Å². The maximum Gasteiger partial charge on any atom is 0.0702 e. The van der Waals surface area contributed by atoms with E-state index in [2.05, 4.69) is 52.0 Å². The van der Waals surface area contributed by atoms with Gasteiger partial charge in [0.1, 0.15) is 0 Å². The molecule has 1 aromatic carbocycles. The molecule has 0 aliphatic carbocycles. The smallest absolute Gasteiger partial charge is 0.0702 e. The Morgan fingerprint density at radius 1 is 1.33 bits per heavy atom. The molecule has 1 aromatic rings. The first-order valence-electron chi connectivity index (χ1n) is 6.86. The van der Waals surface area contributed by atoms with E-state index in [0.717, 1.165) is 30.6 Å². The molecule has 1 heterocycles. The van der Waals surface area contributed by atoms with E-state index < -0.39 is 0 Å². The average Bonchev–Trinajstić information content (AvgIpc) is 2.40. The Hall–Kier alpha value is -0.380. The van der Waals surface area contributed by atoms with Crippen LogP contribution < -0.4 is 0 Å². The van der Waals surface area contributed by atoms with Crippen molar-refractivity contribution < 1.29 is 4.74 Å². The van der Waals surface area contributed by atoms with Crippen LogP contribution in [0.4, 0.5) is 0 Å². The fourth-order valence-corrected chi connectivity index (χ4v) is 2.69. The number of benzene rings is 1. The predicted molar refractivity (Wildman–Crippen MR) is 78.7 cm³/mol. The van der Waals surface area contributed by atoms with Crippen LogP contribution in [-0.4, -0.2) is 30.7 Å². The molecule has 2 nitrogen and oxygen atoms in total. The normalized spacial score (nSPS) is 21.1. The van der Waals surface area contributed by atoms with Gasteiger partial charge in [-0.05, 0) is 43.5 Å². The maximum absolute atomic E-state index is 5.87. The quantitative estimate of drug-likeness (QED) is 0.819. The van der Waals surface area contributed by atoms with Crippen molar-refractivity contribution in [2.45, 2.75) is 38.8 Å². The minimum absolute atomic E-state index is 0.439. The van der Waals surface area contributed by atoms with Gasteiger partial charge >= 0.3 is 0 Å². The molecular formula is C15H22BrNO. The zero-order chi connectivity index (χ0) is 12.8. The Labute approximate surface area is 118 Å². The summed E-state index contributed by atoms with van der Waals surface area (Å²) in [5.74, 6) is 0. The van der Waals surface area contributed by atoms with E-state index in [1.807, 2.05) is 0 Å². The second-order valence-electron chi connectivity index (χ2n) is 5.00. The molecule has 1 fully saturated rings. The molecule has 0 N–H and O–H groups in total. The number of likely N-dealkylation sites (tertiary alicyclic amines) is 1. The fraction of sp³-hybridized carbons (Fsp3) is 0.600. The van der Waals surface area contributed by atoms with Crippen LogP contribution in [-0.2, 0) is 11.3 Å². The van der Waals surface area contributed by atoms with Crippen LogP contribution >= 0.6 is 15.9 Å². The standard InChI is InChI=1S/C15H22BrNO/c1-2-10-18-15-4-3-9-17(12-15)11-13-5-7-14(16)8-6-13/h5-8,15H,2-4,9-12H2,1H3. The molecular weight excluding hydrogens is 290 g/mol. The number of nitrogens with zero attached hydrogens (tertiary/aromatic N) is 1. The van der Waals surface area contributed by atoms with Crippen molar-refractivity contribution in [1.29, 1.82) is 0 Å². The molecule has 0 bridgehead atoms. The van der Waals surface area contributed by atoms with Crippen LogP contribution in [0.25, 0.3) is 0 Å². The van der Waals surface area contributed by atoms with Gasteiger partial charge in [-0.25, -0.2) is 0 Å². The number of ether oxygens (including phenoxy) is 1. The summed E-state index contributed by atoms with van der Waals surface area (Å²) in [6, 6.07) is 8.62. The van der Waals surface area contributed by atoms with E-state index in [-0.39, 0.29) is 0 Å². The lowest BCUT2D eigenvalue weighted by Gasteiger charge is -2.32. The average molecular weight is 312 g/mol. The lowest BCUT2D eigenvalue weighted by Crippen LogP contribution is -2.39. The molecule has 0 radical (unpaired) electrons. The summed E-state index contributed by atoms with van der Waals surface area (Å²) >= 11 is 3.48. The molecule has 0 saturated carbocycles. The van der Waals surface area contributed by atoms with Gasteiger partial charge in [0.2, 0.25) is 0 Å². The van der Waals surface area contributed by atoms with Crippen molar-refractivity contribution in [1.82, 2.24) is 4.90 Å². The largest absolute Gasteiger partial charge is 0.377 e. The third kappa shape index (κ3) is 4.38. The first kappa shape index (κ1) is 14.0. The van der Waals surface area contributed by atoms with Gasteiger partial charge in [0.15, 0.2) is 0 Å². The Morgan fingerprint density at radius 2 is 2.11 bits per heavy atom. The van der Waals surface area contributed by atoms with Crippen LogP contribution in [0, 0.1) is 0 Å². The number of hydrogen-bond acceptors (Lipinski definition) is 2. The highest BCUT2D eigenvalue weighted by molar-refractivity contribution is 9.10. The van der Waals surface area contributed by atoms with Crippen molar-refractivity contribution in [2.75, 3.05) is 19.7 Å². The summed E-state index contributed by atoms with van der Waals surface area (Å²) in [5.41, 5.74) is 1.38. The van der Waals surface area contributed by atoms with Gasteiger partial charge in [0.05, 0.1) is 6.10 Å². The molecule has 0 spiro atoms. The van der Waals surface area contributed by atoms with Gasteiger partial charge < -0.3 is 4.74 Å². The Bertz CT molecular complexity index is 352. The van der Waals surface area contributed by atoms with Gasteiger partial charge in [-0.15, -0.1) is 0 Å². The third-order valence-electron chi connectivity index (χ3n) is 3.34. The summed E-state index contributed by atoms with van der Waals surface area (Å²) < 4.78 is 7.02. The van der Waals surface area contributed by atoms with E-state index in [4.69, 9.17) is 4.74 Å². The number of piperidine rings is 1. The molecule has 1 aliphatic heterocycles. The zero-order valence-electron chi connectivity index (χ0n) is 11.1. The van der Waals surface area contributed by atoms with Gasteiger partial charge in [0, 0.05) is 24.2 Å². The fourth-order valence-electron chi connectivity index (χ4n) is 2.43. The lowest BCUT2D eigenvalue weighted by atomic mass is 10.1. The van der Waals surface area contributed by atoms with Gasteiger partial charge in [0.25, 0.3) is 0 Å². The highest BCUT2D eigenvalue weighted by atomic mass is 79.9. The second-order valence-corrected chi connectivity index (χ2v) is 5.91. The molecule has 1 atom stereocenters. The van der Waals surface area contributed by atoms with Crippen LogP contribution in [0.5, 0.6) is 0 Å². The third-order valence-corrected chi connectivity index (χ3v) is 3.87. The molecule has 1 saturated heterocycles. The summed E-state index contributed by atoms with van der Waals surface area (Å²) in [6.45, 7) is 6.39. The van der Waals surface area contributed by atoms with Crippen molar-refractivity contribution >= 4 is 15.9 Å². The molecule has 0 amide bonds. The van der Waals surface area contributed by atoms with Crippen LogP contribution in [0.3, 0.4) is 0 Å². The first-order valence-corrected chi connectivity index (χ1v) is 7.65. The van der Waals surface area contributed by atoms with Crippen molar-refractivity contribution in [2.24, 2.45) is 0 Å². The van der Waals surface area contributed by atoms with E-state index in [9.17, 15) is 0 Å². The minimum Gasteiger partial charge on any atom is -0.377 e. The summed E-state index contributed by atoms with van der Waals surface area (Å²) in [6.07, 6.45) is 4.03. The molecule has 2 rings (SSSR count). The monoisotopic (exact) mass is 311 g/mol. The minimum atomic E-state index is 0.439. The summed E-state index contributed by atoms with van der Waals surface area (Å²) in [7, 11) is 0. The highest BCUT2D eigenvalue weighted by Gasteiger charge is 2.19. The molecule has 3 heteroatoms. The summed E-state index contributed by atoms with van der Waals surface area (Å²) in [4.78, 5) is 2.51.